The van der Waals surface area contributed by atoms with Crippen LogP contribution in [-0.4, -0.2) is 24.9 Å². The van der Waals surface area contributed by atoms with Crippen LogP contribution in [0, 0.1) is 5.82 Å². The van der Waals surface area contributed by atoms with Gasteiger partial charge < -0.3 is 16.0 Å². The van der Waals surface area contributed by atoms with Gasteiger partial charge in [-0.15, -0.1) is 5.11 Å². The van der Waals surface area contributed by atoms with Gasteiger partial charge in [-0.1, -0.05) is 41.6 Å². The number of nitrogen functional groups attached to an aromatic ring is 2. The Balaban J connectivity index is 1.52. The Hall–Kier alpha value is -4.93. The van der Waals surface area contributed by atoms with Crippen LogP contribution in [0.5, 0.6) is 0 Å². The molecule has 5 aromatic rings. The monoisotopic (exact) mass is 455 g/mol. The molecule has 11 heteroatoms. The molecule has 168 valence electrons. The predicted molar refractivity (Wildman–Crippen MR) is 124 cm³/mol. The van der Waals surface area contributed by atoms with Gasteiger partial charge in [0.1, 0.15) is 23.5 Å². The Kier molecular flexibility index (Phi) is 5.48. The molecule has 0 aliphatic heterocycles. The summed E-state index contributed by atoms with van der Waals surface area (Å²) in [4.78, 5) is 8.63. The fraction of sp³-hybridized carbons (Fsp3) is 0.0435. The molecule has 0 atom stereocenters. The molecule has 2 aromatic carbocycles. The van der Waals surface area contributed by atoms with Crippen LogP contribution in [0.4, 0.5) is 27.4 Å². The Morgan fingerprint density at radius 3 is 2.32 bits per heavy atom. The summed E-state index contributed by atoms with van der Waals surface area (Å²) in [6.45, 7) is 0.156. The first-order chi connectivity index (χ1) is 16.6. The van der Waals surface area contributed by atoms with Crippen molar-refractivity contribution in [1.82, 2.24) is 24.9 Å². The van der Waals surface area contributed by atoms with Crippen LogP contribution in [-0.2, 0) is 6.54 Å². The molecule has 0 saturated heterocycles. The summed E-state index contributed by atoms with van der Waals surface area (Å²) in [5.41, 5.74) is 14.9. The summed E-state index contributed by atoms with van der Waals surface area (Å²) in [6, 6.07) is 19.0. The van der Waals surface area contributed by atoms with E-state index in [1.54, 1.807) is 47.1 Å². The molecule has 0 aliphatic carbocycles. The van der Waals surface area contributed by atoms with Crippen molar-refractivity contribution in [2.45, 2.75) is 6.54 Å². The largest absolute Gasteiger partial charge is 0.382 e. The molecule has 0 bridgehead atoms. The second-order valence-corrected chi connectivity index (χ2v) is 7.25. The van der Waals surface area contributed by atoms with Crippen LogP contribution in [0.2, 0.25) is 0 Å². The van der Waals surface area contributed by atoms with E-state index in [-0.39, 0.29) is 35.5 Å². The minimum absolute atomic E-state index is 0.0498. The van der Waals surface area contributed by atoms with Crippen LogP contribution in [0.1, 0.15) is 5.56 Å². The predicted octanol–water partition coefficient (Wildman–Crippen LogP) is 4.76. The van der Waals surface area contributed by atoms with Gasteiger partial charge in [-0.2, -0.15) is 10.2 Å². The van der Waals surface area contributed by atoms with Gasteiger partial charge in [0, 0.05) is 11.6 Å². The summed E-state index contributed by atoms with van der Waals surface area (Å²) in [5, 5.41) is 16.7. The molecule has 4 N–H and O–H groups in total. The van der Waals surface area contributed by atoms with E-state index < -0.39 is 0 Å². The number of aromatic nitrogens is 5. The van der Waals surface area contributed by atoms with Crippen LogP contribution in [0.15, 0.2) is 87.7 Å². The quantitative estimate of drug-likeness (QED) is 0.351. The Bertz CT molecular complexity index is 1440. The lowest BCUT2D eigenvalue weighted by Crippen LogP contribution is -2.06. The van der Waals surface area contributed by atoms with Crippen molar-refractivity contribution in [2.75, 3.05) is 11.5 Å². The van der Waals surface area contributed by atoms with E-state index in [0.29, 0.717) is 28.3 Å². The highest BCUT2D eigenvalue weighted by atomic mass is 19.1. The van der Waals surface area contributed by atoms with E-state index >= 15 is 0 Å². The van der Waals surface area contributed by atoms with Crippen molar-refractivity contribution in [3.63, 3.8) is 0 Å². The molecule has 0 saturated carbocycles. The summed E-state index contributed by atoms with van der Waals surface area (Å²) in [5.74, 6) is -0.0585. The van der Waals surface area contributed by atoms with Gasteiger partial charge in [-0.3, -0.25) is 4.68 Å². The van der Waals surface area contributed by atoms with E-state index in [4.69, 9.17) is 16.0 Å². The zero-order valence-corrected chi connectivity index (χ0v) is 17.7. The molecule has 5 rings (SSSR count). The minimum atomic E-state index is -0.344. The van der Waals surface area contributed by atoms with E-state index in [9.17, 15) is 4.39 Å². The molecule has 34 heavy (non-hydrogen) atoms. The molecule has 0 radical (unpaired) electrons. The SMILES string of the molecule is Nc1nc(-c2cc(-c3ccon3)n(Cc3ccccc3F)n2)nc(N)c1N=Nc1ccccc1. The summed E-state index contributed by atoms with van der Waals surface area (Å²) >= 11 is 0. The van der Waals surface area contributed by atoms with Crippen molar-refractivity contribution in [3.05, 3.63) is 84.4 Å². The van der Waals surface area contributed by atoms with E-state index in [1.165, 1.54) is 12.3 Å². The first-order valence-corrected chi connectivity index (χ1v) is 10.2. The molecular formula is C23H18FN9O. The van der Waals surface area contributed by atoms with Crippen molar-refractivity contribution < 1.29 is 8.91 Å². The molecule has 3 aromatic heterocycles. The standard InChI is InChI=1S/C23H18FN9O/c24-16-9-5-4-6-14(16)13-33-19(17-10-11-34-32-17)12-18(31-33)23-27-21(25)20(22(26)28-23)30-29-15-7-2-1-3-8-15/h1-12H,13H2,(H4,25,26,27,28). The summed E-state index contributed by atoms with van der Waals surface area (Å²) < 4.78 is 20.8. The molecule has 0 unspecified atom stereocenters. The number of hydrogen-bond donors (Lipinski definition) is 2. The summed E-state index contributed by atoms with van der Waals surface area (Å²) in [6.07, 6.45) is 1.44. The zero-order valence-electron chi connectivity index (χ0n) is 17.7. The fourth-order valence-corrected chi connectivity index (χ4v) is 3.30. The Labute approximate surface area is 192 Å². The maximum absolute atomic E-state index is 14.3. The zero-order chi connectivity index (χ0) is 23.5. The smallest absolute Gasteiger partial charge is 0.184 e. The lowest BCUT2D eigenvalue weighted by Gasteiger charge is -2.07. The van der Waals surface area contributed by atoms with Gasteiger partial charge in [0.05, 0.1) is 17.9 Å². The highest BCUT2D eigenvalue weighted by Gasteiger charge is 2.19. The number of benzene rings is 2. The van der Waals surface area contributed by atoms with Crippen LogP contribution in [0.3, 0.4) is 0 Å². The van der Waals surface area contributed by atoms with Crippen LogP contribution in [0.25, 0.3) is 22.9 Å². The third-order valence-corrected chi connectivity index (χ3v) is 4.95. The molecule has 0 spiro atoms. The van der Waals surface area contributed by atoms with Crippen molar-refractivity contribution in [2.24, 2.45) is 10.2 Å². The Morgan fingerprint density at radius 2 is 1.62 bits per heavy atom. The second kappa shape index (κ2) is 8.90. The van der Waals surface area contributed by atoms with Gasteiger partial charge in [0.25, 0.3) is 0 Å². The van der Waals surface area contributed by atoms with Crippen molar-refractivity contribution in [3.8, 4) is 22.9 Å². The minimum Gasteiger partial charge on any atom is -0.382 e. The summed E-state index contributed by atoms with van der Waals surface area (Å²) in [7, 11) is 0. The first-order valence-electron chi connectivity index (χ1n) is 10.2. The number of halogens is 1. The van der Waals surface area contributed by atoms with E-state index in [1.807, 2.05) is 18.2 Å². The first kappa shape index (κ1) is 20.9. The third-order valence-electron chi connectivity index (χ3n) is 4.95. The number of anilines is 2. The van der Waals surface area contributed by atoms with Gasteiger partial charge in [-0.05, 0) is 24.3 Å². The number of hydrogen-bond acceptors (Lipinski definition) is 9. The van der Waals surface area contributed by atoms with Gasteiger partial charge in [0.15, 0.2) is 23.1 Å². The molecule has 0 aliphatic rings. The molecule has 0 amide bonds. The van der Waals surface area contributed by atoms with Crippen molar-refractivity contribution in [1.29, 1.82) is 0 Å². The van der Waals surface area contributed by atoms with Crippen LogP contribution < -0.4 is 11.5 Å². The highest BCUT2D eigenvalue weighted by molar-refractivity contribution is 5.74. The number of nitrogens with two attached hydrogens (primary N) is 2. The van der Waals surface area contributed by atoms with Gasteiger partial charge in [-0.25, -0.2) is 14.4 Å². The number of azo groups is 1. The average Bonchev–Trinajstić information content (AvgIpc) is 3.51. The molecule has 3 heterocycles. The molecular weight excluding hydrogens is 437 g/mol. The maximum atomic E-state index is 14.3. The van der Waals surface area contributed by atoms with E-state index in [2.05, 4.69) is 30.5 Å². The highest BCUT2D eigenvalue weighted by Crippen LogP contribution is 2.32. The fourth-order valence-electron chi connectivity index (χ4n) is 3.30. The van der Waals surface area contributed by atoms with Gasteiger partial charge in [0.2, 0.25) is 0 Å². The maximum Gasteiger partial charge on any atom is 0.184 e. The van der Waals surface area contributed by atoms with E-state index in [0.717, 1.165) is 0 Å². The number of rotatable bonds is 6. The third kappa shape index (κ3) is 4.21. The molecule has 10 nitrogen and oxygen atoms in total. The lowest BCUT2D eigenvalue weighted by molar-refractivity contribution is 0.421. The van der Waals surface area contributed by atoms with Gasteiger partial charge >= 0.3 is 0 Å². The van der Waals surface area contributed by atoms with Crippen molar-refractivity contribution >= 4 is 23.0 Å². The topological polar surface area (TPSA) is 146 Å². The molecule has 0 fully saturated rings. The van der Waals surface area contributed by atoms with Crippen LogP contribution >= 0.6 is 0 Å². The second-order valence-electron chi connectivity index (χ2n) is 7.25. The Morgan fingerprint density at radius 1 is 0.882 bits per heavy atom. The number of nitrogens with zero attached hydrogens (tertiary/aromatic N) is 7. The lowest BCUT2D eigenvalue weighted by atomic mass is 10.2. The average molecular weight is 455 g/mol. The normalized spacial score (nSPS) is 11.3.